The van der Waals surface area contributed by atoms with E-state index in [1.165, 1.54) is 37.4 Å². The smallest absolute Gasteiger partial charge is 0.358 e. The number of ether oxygens (including phenoxy) is 2. The molecule has 0 spiro atoms. The molecule has 2 fully saturated rings. The van der Waals surface area contributed by atoms with Gasteiger partial charge < -0.3 is 35.4 Å². The number of aryl methyl sites for hydroxylation is 2. The number of amides is 1. The van der Waals surface area contributed by atoms with Crippen molar-refractivity contribution in [3.05, 3.63) is 132 Å². The highest BCUT2D eigenvalue weighted by Gasteiger charge is 2.34. The SMILES string of the molecule is C.C.Cc1cc(N)ncn1.Cc1cc(NC(=O)c2nccnc2N2CC(Oc3cc(F)c(F)c(F)c3)C2)ncn1.O=C(O)c1nccnc1N1CC(Oc2cc(F)c(F)c(F)c2)C1. The highest BCUT2D eigenvalue weighted by atomic mass is 19.2. The second-order valence-electron chi connectivity index (χ2n) is 13.0. The van der Waals surface area contributed by atoms with Crippen molar-refractivity contribution in [1.29, 1.82) is 0 Å². The third-order valence-corrected chi connectivity index (χ3v) is 8.46. The first-order valence-corrected chi connectivity index (χ1v) is 17.8. The number of nitrogen functional groups attached to an aromatic ring is 1. The standard InChI is InChI=1S/C19H15F3N6O2.C14H10F3N3O3.C5H7N3.2CH4/c1-10-4-15(26-9-25-10)27-19(29)17-18(24-3-2-23-17)28-7-12(8-28)30-11-5-13(20)16(22)14(21)6-11;15-9-3-7(4-10(16)11(9)17)23-8-5-20(6-8)13-12(14(21)22)18-1-2-19-13;1-4-2-5(6)8-3-7-4;;/h2-6,9,12H,7-8H2,1H3,(H,25,26,27,29);1-4,8H,5-6H2,(H,21,22);2-3H,1H3,(H2,6,7,8);2*1H4. The summed E-state index contributed by atoms with van der Waals surface area (Å²) in [7, 11) is 0. The number of carbonyl (C=O) groups excluding carboxylic acids is 1. The van der Waals surface area contributed by atoms with Crippen LogP contribution in [0.4, 0.5) is 49.6 Å². The number of aromatic nitrogens is 8. The lowest BCUT2D eigenvalue weighted by Crippen LogP contribution is -2.54. The van der Waals surface area contributed by atoms with Gasteiger partial charge in [-0.05, 0) is 13.8 Å². The molecule has 0 bridgehead atoms. The van der Waals surface area contributed by atoms with Crippen LogP contribution in [0.15, 0.2) is 73.8 Å². The quantitative estimate of drug-likeness (QED) is 0.112. The third kappa shape index (κ3) is 12.2. The molecule has 1 amide bonds. The van der Waals surface area contributed by atoms with Gasteiger partial charge in [0.2, 0.25) is 0 Å². The number of halogens is 6. The average molecular weight is 883 g/mol. The number of nitrogens with one attached hydrogen (secondary N) is 1. The predicted octanol–water partition coefficient (Wildman–Crippen LogP) is 6.01. The molecule has 4 N–H and O–H groups in total. The Kier molecular flexibility index (Phi) is 16.1. The summed E-state index contributed by atoms with van der Waals surface area (Å²) in [4.78, 5) is 58.5. The van der Waals surface area contributed by atoms with Crippen LogP contribution in [0.3, 0.4) is 0 Å². The zero-order valence-corrected chi connectivity index (χ0v) is 31.8. The third-order valence-electron chi connectivity index (χ3n) is 8.46. The van der Waals surface area contributed by atoms with Gasteiger partial charge in [-0.15, -0.1) is 0 Å². The van der Waals surface area contributed by atoms with Gasteiger partial charge in [-0.2, -0.15) is 0 Å². The Morgan fingerprint density at radius 3 is 1.44 bits per heavy atom. The molecule has 2 aromatic carbocycles. The summed E-state index contributed by atoms with van der Waals surface area (Å²) in [5.74, 6) is -9.01. The Balaban J connectivity index is 0.000000234. The summed E-state index contributed by atoms with van der Waals surface area (Å²) < 4.78 is 89.6. The van der Waals surface area contributed by atoms with Crippen LogP contribution in [-0.2, 0) is 0 Å². The molecule has 0 atom stereocenters. The maximum absolute atomic E-state index is 13.3. The van der Waals surface area contributed by atoms with Crippen LogP contribution in [0.5, 0.6) is 11.5 Å². The minimum absolute atomic E-state index is 0. The summed E-state index contributed by atoms with van der Waals surface area (Å²) in [6.45, 7) is 4.76. The van der Waals surface area contributed by atoms with Gasteiger partial charge in [0.25, 0.3) is 5.91 Å². The first kappa shape index (κ1) is 48.0. The molecule has 0 unspecified atom stereocenters. The molecule has 332 valence electrons. The van der Waals surface area contributed by atoms with Crippen molar-refractivity contribution in [3.8, 4) is 11.5 Å². The highest BCUT2D eigenvalue weighted by Crippen LogP contribution is 2.28. The van der Waals surface area contributed by atoms with Gasteiger partial charge in [-0.25, -0.2) is 71.0 Å². The Morgan fingerprint density at radius 2 is 1.03 bits per heavy atom. The Morgan fingerprint density at radius 1 is 0.619 bits per heavy atom. The van der Waals surface area contributed by atoms with Crippen LogP contribution in [0.1, 0.15) is 47.2 Å². The van der Waals surface area contributed by atoms with Crippen LogP contribution in [0, 0.1) is 48.8 Å². The highest BCUT2D eigenvalue weighted by molar-refractivity contribution is 6.05. The summed E-state index contributed by atoms with van der Waals surface area (Å²) in [5, 5.41) is 11.7. The molecule has 63 heavy (non-hydrogen) atoms. The summed E-state index contributed by atoms with van der Waals surface area (Å²) in [5.41, 5.74) is 6.80. The first-order chi connectivity index (χ1) is 29.1. The van der Waals surface area contributed by atoms with E-state index in [1.54, 1.807) is 28.9 Å². The molecule has 2 saturated heterocycles. The van der Waals surface area contributed by atoms with Crippen LogP contribution in [0.2, 0.25) is 0 Å². The molecule has 6 heterocycles. The van der Waals surface area contributed by atoms with Gasteiger partial charge in [0.15, 0.2) is 57.9 Å². The van der Waals surface area contributed by atoms with Crippen molar-refractivity contribution in [1.82, 2.24) is 39.9 Å². The molecular formula is C40H40F6N12O5. The maximum Gasteiger partial charge on any atom is 0.358 e. The second-order valence-corrected chi connectivity index (χ2v) is 13.0. The number of rotatable bonds is 9. The molecule has 2 aliphatic rings. The van der Waals surface area contributed by atoms with Gasteiger partial charge in [0.1, 0.15) is 48.0 Å². The number of carboxylic acid groups (broad SMARTS) is 1. The summed E-state index contributed by atoms with van der Waals surface area (Å²) >= 11 is 0. The number of hydrogen-bond donors (Lipinski definition) is 3. The lowest BCUT2D eigenvalue weighted by molar-refractivity contribution is 0.0689. The zero-order chi connectivity index (χ0) is 43.8. The van der Waals surface area contributed by atoms with Gasteiger partial charge in [-0.1, -0.05) is 14.9 Å². The molecule has 23 heteroatoms. The molecule has 6 aromatic rings. The van der Waals surface area contributed by atoms with Crippen LogP contribution < -0.4 is 30.3 Å². The Bertz CT molecular complexity index is 2490. The fourth-order valence-corrected chi connectivity index (χ4v) is 5.57. The van der Waals surface area contributed by atoms with Gasteiger partial charge in [0.05, 0.1) is 26.2 Å². The van der Waals surface area contributed by atoms with Crippen molar-refractivity contribution in [2.24, 2.45) is 0 Å². The second kappa shape index (κ2) is 21.2. The molecule has 8 rings (SSSR count). The molecule has 4 aromatic heterocycles. The number of anilines is 4. The largest absolute Gasteiger partial charge is 0.487 e. The zero-order valence-electron chi connectivity index (χ0n) is 31.8. The van der Waals surface area contributed by atoms with Crippen LogP contribution >= 0.6 is 0 Å². The Labute approximate surface area is 356 Å². The minimum Gasteiger partial charge on any atom is -0.487 e. The molecule has 0 radical (unpaired) electrons. The van der Waals surface area contributed by atoms with E-state index in [1.807, 2.05) is 6.92 Å². The lowest BCUT2D eigenvalue weighted by Gasteiger charge is -2.40. The van der Waals surface area contributed by atoms with E-state index in [0.717, 1.165) is 30.0 Å². The van der Waals surface area contributed by atoms with E-state index in [9.17, 15) is 35.9 Å². The number of nitrogens with two attached hydrogens (primary N) is 1. The van der Waals surface area contributed by atoms with Crippen LogP contribution in [-0.4, -0.2) is 95.2 Å². The fraction of sp³-hybridized carbons (Fsp3) is 0.250. The normalized spacial score (nSPS) is 13.0. The maximum atomic E-state index is 13.3. The van der Waals surface area contributed by atoms with Crippen molar-refractivity contribution >= 4 is 35.1 Å². The van der Waals surface area contributed by atoms with Gasteiger partial charge in [-0.3, -0.25) is 4.79 Å². The van der Waals surface area contributed by atoms with Gasteiger partial charge >= 0.3 is 5.97 Å². The monoisotopic (exact) mass is 882 g/mol. The van der Waals surface area contributed by atoms with E-state index < -0.39 is 59.0 Å². The Hall–Kier alpha value is -7.72. The van der Waals surface area contributed by atoms with Gasteiger partial charge in [0, 0.05) is 72.6 Å². The minimum atomic E-state index is -1.56. The van der Waals surface area contributed by atoms with Crippen molar-refractivity contribution in [2.45, 2.75) is 40.9 Å². The molecule has 0 aliphatic carbocycles. The topological polar surface area (TPSA) is 220 Å². The summed E-state index contributed by atoms with van der Waals surface area (Å²) in [6, 6.07) is 6.42. The van der Waals surface area contributed by atoms with E-state index in [0.29, 0.717) is 36.2 Å². The average Bonchev–Trinajstić information content (AvgIpc) is 3.19. The number of aromatic carboxylic acids is 1. The number of nitrogens with zero attached hydrogens (tertiary/aromatic N) is 10. The molecule has 0 saturated carbocycles. The number of carbonyl (C=O) groups is 2. The predicted molar refractivity (Wildman–Crippen MR) is 216 cm³/mol. The van der Waals surface area contributed by atoms with Crippen molar-refractivity contribution < 1.29 is 50.5 Å². The molecular weight excluding hydrogens is 843 g/mol. The lowest BCUT2D eigenvalue weighted by atomic mass is 10.1. The van der Waals surface area contributed by atoms with Crippen molar-refractivity contribution in [2.75, 3.05) is 47.0 Å². The molecule has 2 aliphatic heterocycles. The van der Waals surface area contributed by atoms with E-state index in [2.05, 4.69) is 45.2 Å². The van der Waals surface area contributed by atoms with E-state index in [-0.39, 0.29) is 56.6 Å². The number of benzene rings is 2. The van der Waals surface area contributed by atoms with Crippen LogP contribution in [0.25, 0.3) is 0 Å². The first-order valence-electron chi connectivity index (χ1n) is 17.8. The number of hydrogen-bond acceptors (Lipinski definition) is 15. The van der Waals surface area contributed by atoms with Crippen molar-refractivity contribution in [3.63, 3.8) is 0 Å². The fourth-order valence-electron chi connectivity index (χ4n) is 5.57. The van der Waals surface area contributed by atoms with E-state index in [4.69, 9.17) is 20.3 Å². The van der Waals surface area contributed by atoms with E-state index >= 15 is 0 Å². The number of carboxylic acids is 1. The summed E-state index contributed by atoms with van der Waals surface area (Å²) in [6.07, 6.45) is 7.40. The molecule has 17 nitrogen and oxygen atoms in total.